The molecule has 0 saturated carbocycles. The lowest BCUT2D eigenvalue weighted by Gasteiger charge is -2.41. The third-order valence-corrected chi connectivity index (χ3v) is 6.62. The van der Waals surface area contributed by atoms with Crippen molar-refractivity contribution < 1.29 is 27.4 Å². The van der Waals surface area contributed by atoms with E-state index < -0.39 is 17.3 Å². The maximum Gasteiger partial charge on any atom is 0.416 e. The zero-order valence-electron chi connectivity index (χ0n) is 18.3. The number of nitrogens with zero attached hydrogens (tertiary/aromatic N) is 2. The van der Waals surface area contributed by atoms with Gasteiger partial charge in [-0.3, -0.25) is 4.79 Å². The van der Waals surface area contributed by atoms with Crippen molar-refractivity contribution in [2.75, 3.05) is 50.9 Å². The molecule has 0 unspecified atom stereocenters. The first kappa shape index (κ1) is 22.0. The predicted octanol–water partition coefficient (Wildman–Crippen LogP) is 4.24. The Labute approximate surface area is 190 Å². The van der Waals surface area contributed by atoms with Crippen molar-refractivity contribution in [3.05, 3.63) is 76.4 Å². The van der Waals surface area contributed by atoms with Crippen LogP contribution < -0.4 is 4.90 Å². The molecule has 0 aliphatic carbocycles. The van der Waals surface area contributed by atoms with Crippen LogP contribution in [-0.4, -0.2) is 56.8 Å². The maximum absolute atomic E-state index is 13.1. The Morgan fingerprint density at radius 2 is 1.58 bits per heavy atom. The monoisotopic (exact) mass is 458 g/mol. The van der Waals surface area contributed by atoms with E-state index in [0.29, 0.717) is 51.6 Å². The van der Waals surface area contributed by atoms with Crippen LogP contribution in [0.25, 0.3) is 0 Å². The van der Waals surface area contributed by atoms with Gasteiger partial charge in [0, 0.05) is 44.0 Å². The van der Waals surface area contributed by atoms with E-state index in [1.165, 1.54) is 23.3 Å². The van der Waals surface area contributed by atoms with Crippen molar-refractivity contribution in [3.8, 4) is 0 Å². The van der Waals surface area contributed by atoms with Crippen molar-refractivity contribution in [3.63, 3.8) is 0 Å². The summed E-state index contributed by atoms with van der Waals surface area (Å²) in [6.07, 6.45) is -4.34. The quantitative estimate of drug-likeness (QED) is 0.629. The summed E-state index contributed by atoms with van der Waals surface area (Å²) in [6, 6.07) is 12.8. The Kier molecular flexibility index (Phi) is 5.45. The van der Waals surface area contributed by atoms with Gasteiger partial charge in [-0.05, 0) is 60.0 Å². The van der Waals surface area contributed by atoms with E-state index in [1.54, 1.807) is 0 Å². The second kappa shape index (κ2) is 8.18. The van der Waals surface area contributed by atoms with Crippen LogP contribution in [0.3, 0.4) is 0 Å². The molecular formula is C25H25F3N2O3. The molecule has 0 bridgehead atoms. The molecule has 5 nitrogen and oxygen atoms in total. The molecule has 0 spiro atoms. The van der Waals surface area contributed by atoms with Crippen molar-refractivity contribution in [1.29, 1.82) is 0 Å². The van der Waals surface area contributed by atoms with Crippen LogP contribution in [0, 0.1) is 0 Å². The van der Waals surface area contributed by atoms with Gasteiger partial charge in [0.05, 0.1) is 18.8 Å². The smallest absolute Gasteiger partial charge is 0.375 e. The van der Waals surface area contributed by atoms with Crippen LogP contribution in [0.15, 0.2) is 59.7 Å². The highest BCUT2D eigenvalue weighted by Crippen LogP contribution is 2.35. The average molecular weight is 458 g/mol. The van der Waals surface area contributed by atoms with E-state index in [1.807, 2.05) is 36.1 Å². The van der Waals surface area contributed by atoms with Crippen LogP contribution >= 0.6 is 0 Å². The average Bonchev–Trinajstić information content (AvgIpc) is 3.35. The summed E-state index contributed by atoms with van der Waals surface area (Å²) in [5.74, 6) is -0.0210. The summed E-state index contributed by atoms with van der Waals surface area (Å²) in [5.41, 5.74) is 3.69. The molecular weight excluding hydrogens is 433 g/mol. The second-order valence-corrected chi connectivity index (χ2v) is 8.77. The number of halogens is 3. The van der Waals surface area contributed by atoms with Gasteiger partial charge in [-0.2, -0.15) is 13.2 Å². The fourth-order valence-corrected chi connectivity index (χ4v) is 4.76. The maximum atomic E-state index is 13.1. The minimum atomic E-state index is -4.34. The molecule has 8 heteroatoms. The fraction of sp³-hybridized carbons (Fsp3) is 0.400. The van der Waals surface area contributed by atoms with Gasteiger partial charge in [-0.15, -0.1) is 0 Å². The molecule has 5 rings (SSSR count). The third kappa shape index (κ3) is 4.02. The molecule has 3 aliphatic rings. The number of rotatable bonds is 5. The number of alkyl halides is 3. The molecule has 0 atom stereocenters. The summed E-state index contributed by atoms with van der Waals surface area (Å²) >= 11 is 0. The number of ether oxygens (including phenoxy) is 2. The minimum absolute atomic E-state index is 0.0210. The number of carbonyl (C=O) groups excluding carboxylic acids is 1. The highest BCUT2D eigenvalue weighted by atomic mass is 19.4. The van der Waals surface area contributed by atoms with E-state index in [4.69, 9.17) is 9.47 Å². The molecule has 0 aromatic heterocycles. The molecule has 1 amide bonds. The minimum Gasteiger partial charge on any atom is -0.375 e. The molecule has 1 fully saturated rings. The number of anilines is 1. The number of carbonyl (C=O) groups is 1. The standard InChI is InChI=1S/C25H25F3N2O3/c1-2-33-24(15-32-16-24)20-5-3-17(4-6-20)23(31)30-13-18-11-29(12-19(18)14-30)22-9-7-21(8-10-22)25(26,27)28/h3-10H,2,11-16H2,1H3. The molecule has 0 radical (unpaired) electrons. The van der Waals surface area contributed by atoms with Crippen LogP contribution in [0.5, 0.6) is 0 Å². The fourth-order valence-electron chi connectivity index (χ4n) is 4.76. The van der Waals surface area contributed by atoms with E-state index in [-0.39, 0.29) is 5.91 Å². The van der Waals surface area contributed by atoms with Crippen LogP contribution in [-0.2, 0) is 21.3 Å². The Morgan fingerprint density at radius 3 is 2.06 bits per heavy atom. The molecule has 174 valence electrons. The van der Waals surface area contributed by atoms with Gasteiger partial charge in [0.2, 0.25) is 0 Å². The lowest BCUT2D eigenvalue weighted by molar-refractivity contribution is -0.214. The lowest BCUT2D eigenvalue weighted by atomic mass is 9.91. The summed E-state index contributed by atoms with van der Waals surface area (Å²) < 4.78 is 49.7. The van der Waals surface area contributed by atoms with Crippen LogP contribution in [0.2, 0.25) is 0 Å². The number of benzene rings is 2. The number of hydrogen-bond acceptors (Lipinski definition) is 4. The van der Waals surface area contributed by atoms with E-state index in [0.717, 1.165) is 23.4 Å². The summed E-state index contributed by atoms with van der Waals surface area (Å²) in [7, 11) is 0. The molecule has 33 heavy (non-hydrogen) atoms. The molecule has 1 saturated heterocycles. The van der Waals surface area contributed by atoms with Crippen molar-refractivity contribution in [2.45, 2.75) is 18.7 Å². The Balaban J connectivity index is 1.20. The zero-order chi connectivity index (χ0) is 23.2. The summed E-state index contributed by atoms with van der Waals surface area (Å²) in [6.45, 7) is 5.93. The zero-order valence-corrected chi connectivity index (χ0v) is 18.3. The van der Waals surface area contributed by atoms with Gasteiger partial charge >= 0.3 is 6.18 Å². The Bertz CT molecular complexity index is 1060. The van der Waals surface area contributed by atoms with Gasteiger partial charge in [0.1, 0.15) is 5.60 Å². The largest absolute Gasteiger partial charge is 0.416 e. The third-order valence-electron chi connectivity index (χ3n) is 6.62. The Hall–Kier alpha value is -2.84. The Morgan fingerprint density at radius 1 is 0.970 bits per heavy atom. The topological polar surface area (TPSA) is 42.0 Å². The van der Waals surface area contributed by atoms with Crippen LogP contribution in [0.1, 0.15) is 28.4 Å². The molecule has 0 N–H and O–H groups in total. The van der Waals surface area contributed by atoms with Crippen molar-refractivity contribution in [1.82, 2.24) is 4.90 Å². The molecule has 2 aromatic carbocycles. The first-order valence-electron chi connectivity index (χ1n) is 11.0. The van der Waals surface area contributed by atoms with Crippen LogP contribution in [0.4, 0.5) is 18.9 Å². The highest BCUT2D eigenvalue weighted by Gasteiger charge is 2.41. The number of amides is 1. The molecule has 3 heterocycles. The molecule has 2 aromatic rings. The van der Waals surface area contributed by atoms with Gasteiger partial charge in [-0.25, -0.2) is 0 Å². The van der Waals surface area contributed by atoms with Crippen molar-refractivity contribution >= 4 is 11.6 Å². The molecule has 3 aliphatic heterocycles. The van der Waals surface area contributed by atoms with Gasteiger partial charge in [0.15, 0.2) is 0 Å². The second-order valence-electron chi connectivity index (χ2n) is 8.77. The SMILES string of the molecule is CCOC1(c2ccc(C(=O)N3CC4=C(C3)CN(c3ccc(C(F)(F)F)cc3)C4)cc2)COC1. The van der Waals surface area contributed by atoms with Gasteiger partial charge in [-0.1, -0.05) is 12.1 Å². The van der Waals surface area contributed by atoms with Gasteiger partial charge in [0.25, 0.3) is 5.91 Å². The first-order valence-corrected chi connectivity index (χ1v) is 11.0. The first-order chi connectivity index (χ1) is 15.8. The summed E-state index contributed by atoms with van der Waals surface area (Å²) in [4.78, 5) is 16.9. The highest BCUT2D eigenvalue weighted by molar-refractivity contribution is 5.95. The summed E-state index contributed by atoms with van der Waals surface area (Å²) in [5, 5.41) is 0. The lowest BCUT2D eigenvalue weighted by Crippen LogP contribution is -2.49. The normalized spacial score (nSPS) is 19.6. The van der Waals surface area contributed by atoms with E-state index in [9.17, 15) is 18.0 Å². The number of hydrogen-bond donors (Lipinski definition) is 0. The predicted molar refractivity (Wildman–Crippen MR) is 117 cm³/mol. The van der Waals surface area contributed by atoms with E-state index >= 15 is 0 Å². The van der Waals surface area contributed by atoms with Gasteiger partial charge < -0.3 is 19.3 Å². The van der Waals surface area contributed by atoms with E-state index in [2.05, 4.69) is 4.90 Å². The van der Waals surface area contributed by atoms with Crippen molar-refractivity contribution in [2.24, 2.45) is 0 Å².